The van der Waals surface area contributed by atoms with E-state index in [0.29, 0.717) is 16.9 Å². The van der Waals surface area contributed by atoms with Crippen LogP contribution in [0.2, 0.25) is 5.02 Å². The third-order valence-electron chi connectivity index (χ3n) is 4.21. The molecule has 3 rings (SSSR count). The molecule has 1 aliphatic heterocycles. The SMILES string of the molecule is Cc1cc(NC(=O)[C@H]2CCN[C@@H](C)C2)nn1-c1ccccc1Cl.Cl. The van der Waals surface area contributed by atoms with Gasteiger partial charge in [-0.05, 0) is 45.4 Å². The minimum absolute atomic E-state index is 0. The molecular weight excluding hydrogens is 347 g/mol. The first-order valence-electron chi connectivity index (χ1n) is 7.90. The molecule has 130 valence electrons. The second-order valence-electron chi connectivity index (χ2n) is 6.10. The molecule has 0 radical (unpaired) electrons. The van der Waals surface area contributed by atoms with Crippen LogP contribution in [-0.4, -0.2) is 28.3 Å². The summed E-state index contributed by atoms with van der Waals surface area (Å²) in [5, 5.41) is 11.4. The minimum Gasteiger partial charge on any atom is -0.314 e. The van der Waals surface area contributed by atoms with Gasteiger partial charge >= 0.3 is 0 Å². The molecule has 0 bridgehead atoms. The van der Waals surface area contributed by atoms with E-state index < -0.39 is 0 Å². The summed E-state index contributed by atoms with van der Waals surface area (Å²) in [6, 6.07) is 9.77. The number of benzene rings is 1. The second-order valence-corrected chi connectivity index (χ2v) is 6.51. The first-order chi connectivity index (χ1) is 11.0. The summed E-state index contributed by atoms with van der Waals surface area (Å²) < 4.78 is 1.75. The fourth-order valence-corrected chi connectivity index (χ4v) is 3.22. The number of piperidine rings is 1. The maximum atomic E-state index is 12.4. The topological polar surface area (TPSA) is 59.0 Å². The van der Waals surface area contributed by atoms with Crippen LogP contribution < -0.4 is 10.6 Å². The molecule has 1 aromatic carbocycles. The van der Waals surface area contributed by atoms with Crippen molar-refractivity contribution in [3.05, 3.63) is 41.0 Å². The van der Waals surface area contributed by atoms with Crippen LogP contribution in [0.1, 0.15) is 25.5 Å². The Labute approximate surface area is 153 Å². The van der Waals surface area contributed by atoms with Crippen molar-refractivity contribution in [1.29, 1.82) is 0 Å². The summed E-state index contributed by atoms with van der Waals surface area (Å²) in [5.41, 5.74) is 1.73. The maximum absolute atomic E-state index is 12.4. The lowest BCUT2D eigenvalue weighted by molar-refractivity contribution is -0.120. The Morgan fingerprint density at radius 3 is 2.88 bits per heavy atom. The van der Waals surface area contributed by atoms with Gasteiger partial charge in [0.25, 0.3) is 0 Å². The molecule has 0 saturated carbocycles. The van der Waals surface area contributed by atoms with E-state index in [0.717, 1.165) is 30.8 Å². The molecule has 1 saturated heterocycles. The molecule has 2 N–H and O–H groups in total. The lowest BCUT2D eigenvalue weighted by Crippen LogP contribution is -2.40. The molecule has 7 heteroatoms. The first kappa shape index (κ1) is 18.8. The first-order valence-corrected chi connectivity index (χ1v) is 8.28. The quantitative estimate of drug-likeness (QED) is 0.870. The van der Waals surface area contributed by atoms with E-state index in [1.54, 1.807) is 4.68 Å². The lowest BCUT2D eigenvalue weighted by Gasteiger charge is -2.26. The highest BCUT2D eigenvalue weighted by atomic mass is 35.5. The molecule has 24 heavy (non-hydrogen) atoms. The molecule has 0 unspecified atom stereocenters. The van der Waals surface area contributed by atoms with Gasteiger partial charge in [0.05, 0.1) is 10.7 Å². The number of aromatic nitrogens is 2. The van der Waals surface area contributed by atoms with E-state index in [1.165, 1.54) is 0 Å². The Morgan fingerprint density at radius 2 is 2.17 bits per heavy atom. The maximum Gasteiger partial charge on any atom is 0.228 e. The zero-order valence-electron chi connectivity index (χ0n) is 13.8. The van der Waals surface area contributed by atoms with E-state index in [1.807, 2.05) is 37.3 Å². The highest BCUT2D eigenvalue weighted by Crippen LogP contribution is 2.23. The molecule has 0 aliphatic carbocycles. The van der Waals surface area contributed by atoms with E-state index >= 15 is 0 Å². The van der Waals surface area contributed by atoms with Gasteiger partial charge in [-0.15, -0.1) is 17.5 Å². The Morgan fingerprint density at radius 1 is 1.42 bits per heavy atom. The van der Waals surface area contributed by atoms with Crippen LogP contribution in [-0.2, 0) is 4.79 Å². The van der Waals surface area contributed by atoms with Crippen molar-refractivity contribution >= 4 is 35.7 Å². The molecule has 5 nitrogen and oxygen atoms in total. The average Bonchev–Trinajstić information content (AvgIpc) is 2.88. The molecular formula is C17H22Cl2N4O. The normalized spacial score (nSPS) is 20.3. The van der Waals surface area contributed by atoms with Crippen LogP contribution >= 0.6 is 24.0 Å². The molecule has 2 atom stereocenters. The number of amides is 1. The van der Waals surface area contributed by atoms with Crippen LogP contribution in [0, 0.1) is 12.8 Å². The van der Waals surface area contributed by atoms with Gasteiger partial charge in [-0.2, -0.15) is 0 Å². The van der Waals surface area contributed by atoms with Crippen molar-refractivity contribution in [2.45, 2.75) is 32.7 Å². The van der Waals surface area contributed by atoms with Crippen LogP contribution in [0.25, 0.3) is 5.69 Å². The van der Waals surface area contributed by atoms with Crippen LogP contribution in [0.3, 0.4) is 0 Å². The molecule has 2 heterocycles. The Kier molecular flexibility index (Phi) is 6.27. The number of hydrogen-bond acceptors (Lipinski definition) is 3. The summed E-state index contributed by atoms with van der Waals surface area (Å²) in [7, 11) is 0. The van der Waals surface area contributed by atoms with E-state index in [-0.39, 0.29) is 24.2 Å². The van der Waals surface area contributed by atoms with Crippen LogP contribution in [0.4, 0.5) is 5.82 Å². The zero-order chi connectivity index (χ0) is 16.4. The van der Waals surface area contributed by atoms with Crippen molar-refractivity contribution in [3.63, 3.8) is 0 Å². The minimum atomic E-state index is 0. The zero-order valence-corrected chi connectivity index (χ0v) is 15.3. The van der Waals surface area contributed by atoms with Crippen molar-refractivity contribution in [2.24, 2.45) is 5.92 Å². The summed E-state index contributed by atoms with van der Waals surface area (Å²) >= 11 is 6.23. The van der Waals surface area contributed by atoms with Gasteiger partial charge in [0.15, 0.2) is 5.82 Å². The Bertz CT molecular complexity index is 716. The van der Waals surface area contributed by atoms with E-state index in [2.05, 4.69) is 22.7 Å². The molecule has 2 aromatic rings. The third kappa shape index (κ3) is 4.09. The number of rotatable bonds is 3. The number of aryl methyl sites for hydroxylation is 1. The van der Waals surface area contributed by atoms with Gasteiger partial charge in [0, 0.05) is 23.7 Å². The number of carbonyl (C=O) groups excluding carboxylic acids is 1. The summed E-state index contributed by atoms with van der Waals surface area (Å²) in [4.78, 5) is 12.4. The predicted octanol–water partition coefficient (Wildman–Crippen LogP) is 3.58. The lowest BCUT2D eigenvalue weighted by atomic mass is 9.92. The van der Waals surface area contributed by atoms with E-state index in [9.17, 15) is 4.79 Å². The monoisotopic (exact) mass is 368 g/mol. The number of para-hydroxylation sites is 1. The van der Waals surface area contributed by atoms with E-state index in [4.69, 9.17) is 11.6 Å². The van der Waals surface area contributed by atoms with Crippen molar-refractivity contribution in [1.82, 2.24) is 15.1 Å². The standard InChI is InChI=1S/C17H21ClN4O.ClH/c1-11-9-13(7-8-19-11)17(23)20-16-10-12(2)22(21-16)15-6-4-3-5-14(15)18;/h3-6,10-11,13,19H,7-9H2,1-2H3,(H,20,21,23);1H/t11-,13-;/m0./s1. The number of carbonyl (C=O) groups is 1. The summed E-state index contributed by atoms with van der Waals surface area (Å²) in [6.45, 7) is 4.93. The van der Waals surface area contributed by atoms with Gasteiger partial charge in [-0.25, -0.2) is 4.68 Å². The number of hydrogen-bond donors (Lipinski definition) is 2. The van der Waals surface area contributed by atoms with Crippen molar-refractivity contribution in [2.75, 3.05) is 11.9 Å². The summed E-state index contributed by atoms with van der Waals surface area (Å²) in [6.07, 6.45) is 1.72. The summed E-state index contributed by atoms with van der Waals surface area (Å²) in [5.74, 6) is 0.651. The molecule has 1 aromatic heterocycles. The molecule has 0 spiro atoms. The predicted molar refractivity (Wildman–Crippen MR) is 99.4 cm³/mol. The number of anilines is 1. The smallest absolute Gasteiger partial charge is 0.228 e. The highest BCUT2D eigenvalue weighted by molar-refractivity contribution is 6.32. The third-order valence-corrected chi connectivity index (χ3v) is 4.53. The van der Waals surface area contributed by atoms with Gasteiger partial charge in [0.2, 0.25) is 5.91 Å². The van der Waals surface area contributed by atoms with Gasteiger partial charge in [-0.1, -0.05) is 23.7 Å². The largest absolute Gasteiger partial charge is 0.314 e. The van der Waals surface area contributed by atoms with Gasteiger partial charge in [-0.3, -0.25) is 4.79 Å². The number of nitrogens with one attached hydrogen (secondary N) is 2. The van der Waals surface area contributed by atoms with Crippen molar-refractivity contribution in [3.8, 4) is 5.69 Å². The van der Waals surface area contributed by atoms with Crippen molar-refractivity contribution < 1.29 is 4.79 Å². The average molecular weight is 369 g/mol. The van der Waals surface area contributed by atoms with Crippen LogP contribution in [0.15, 0.2) is 30.3 Å². The second kappa shape index (κ2) is 8.01. The van der Waals surface area contributed by atoms with Crippen LogP contribution in [0.5, 0.6) is 0 Å². The fourth-order valence-electron chi connectivity index (χ4n) is 3.00. The van der Waals surface area contributed by atoms with Gasteiger partial charge in [0.1, 0.15) is 0 Å². The number of halogens is 2. The number of nitrogens with zero attached hydrogens (tertiary/aromatic N) is 2. The Hall–Kier alpha value is -1.56. The Balaban J connectivity index is 0.00000208. The molecule has 1 amide bonds. The van der Waals surface area contributed by atoms with Gasteiger partial charge < -0.3 is 10.6 Å². The molecule has 1 aliphatic rings. The highest BCUT2D eigenvalue weighted by Gasteiger charge is 2.25. The molecule has 1 fully saturated rings. The fraction of sp³-hybridized carbons (Fsp3) is 0.412.